The van der Waals surface area contributed by atoms with Gasteiger partial charge < -0.3 is 15.1 Å². The fraction of sp³-hybridized carbons (Fsp3) is 0.647. The van der Waals surface area contributed by atoms with Crippen molar-refractivity contribution in [3.63, 3.8) is 0 Å². The van der Waals surface area contributed by atoms with Crippen LogP contribution < -0.4 is 5.32 Å². The summed E-state index contributed by atoms with van der Waals surface area (Å²) >= 11 is 1.78. The number of nitrogens with zero attached hydrogens (tertiary/aromatic N) is 3. The smallest absolute Gasteiger partial charge is 0.243 e. The standard InChI is InChI=1S/C17H28N4OS.HI/c1-14-6-4-10-21(13-14)17(19-12-16(22)20(2)3)18-9-8-15-7-5-11-23-15;/h5,7,11,14H,4,6,8-10,12-13H2,1-3H3,(H,18,19);1H. The Labute approximate surface area is 166 Å². The lowest BCUT2D eigenvalue weighted by atomic mass is 10.0. The molecule has 0 radical (unpaired) electrons. The fourth-order valence-corrected chi connectivity index (χ4v) is 3.39. The molecule has 24 heavy (non-hydrogen) atoms. The minimum Gasteiger partial charge on any atom is -0.356 e. The maximum Gasteiger partial charge on any atom is 0.243 e. The first-order valence-corrected chi connectivity index (χ1v) is 9.20. The summed E-state index contributed by atoms with van der Waals surface area (Å²) in [4.78, 5) is 21.6. The predicted octanol–water partition coefficient (Wildman–Crippen LogP) is 2.67. The zero-order chi connectivity index (χ0) is 16.7. The maximum absolute atomic E-state index is 11.8. The number of likely N-dealkylation sites (N-methyl/N-ethyl adjacent to an activating group) is 1. The van der Waals surface area contributed by atoms with E-state index >= 15 is 0 Å². The van der Waals surface area contributed by atoms with Crippen molar-refractivity contribution in [3.8, 4) is 0 Å². The molecule has 0 aromatic carbocycles. The number of hydrogen-bond acceptors (Lipinski definition) is 3. The summed E-state index contributed by atoms with van der Waals surface area (Å²) in [6, 6.07) is 4.23. The van der Waals surface area contributed by atoms with Crippen LogP contribution in [0.3, 0.4) is 0 Å². The van der Waals surface area contributed by atoms with Gasteiger partial charge in [0.2, 0.25) is 5.91 Å². The van der Waals surface area contributed by atoms with Gasteiger partial charge in [0.1, 0.15) is 6.54 Å². The Bertz CT molecular complexity index is 519. The molecule has 1 saturated heterocycles. The molecule has 1 aliphatic heterocycles. The Kier molecular flexibility index (Phi) is 9.65. The van der Waals surface area contributed by atoms with Gasteiger partial charge in [-0.3, -0.25) is 4.79 Å². The second kappa shape index (κ2) is 10.9. The Balaban J connectivity index is 0.00000288. The van der Waals surface area contributed by atoms with Gasteiger partial charge in [-0.25, -0.2) is 4.99 Å². The second-order valence-corrected chi connectivity index (χ2v) is 7.41. The van der Waals surface area contributed by atoms with Crippen LogP contribution in [-0.4, -0.2) is 61.9 Å². The highest BCUT2D eigenvalue weighted by Crippen LogP contribution is 2.15. The molecule has 2 heterocycles. The summed E-state index contributed by atoms with van der Waals surface area (Å²) in [5.41, 5.74) is 0. The Morgan fingerprint density at radius 1 is 1.50 bits per heavy atom. The van der Waals surface area contributed by atoms with E-state index in [4.69, 9.17) is 0 Å². The van der Waals surface area contributed by atoms with E-state index in [-0.39, 0.29) is 36.4 Å². The van der Waals surface area contributed by atoms with Crippen molar-refractivity contribution in [2.24, 2.45) is 10.9 Å². The van der Waals surface area contributed by atoms with Crippen LogP contribution in [0.1, 0.15) is 24.6 Å². The van der Waals surface area contributed by atoms with Gasteiger partial charge in [-0.15, -0.1) is 35.3 Å². The molecule has 0 bridgehead atoms. The number of rotatable bonds is 5. The van der Waals surface area contributed by atoms with Gasteiger partial charge in [-0.1, -0.05) is 13.0 Å². The molecule has 0 aliphatic carbocycles. The van der Waals surface area contributed by atoms with Crippen LogP contribution in [0.5, 0.6) is 0 Å². The lowest BCUT2D eigenvalue weighted by Gasteiger charge is -2.33. The van der Waals surface area contributed by atoms with Crippen LogP contribution in [0, 0.1) is 5.92 Å². The number of piperidine rings is 1. The highest BCUT2D eigenvalue weighted by molar-refractivity contribution is 14.0. The Morgan fingerprint density at radius 2 is 2.29 bits per heavy atom. The summed E-state index contributed by atoms with van der Waals surface area (Å²) in [5, 5.41) is 5.56. The molecule has 1 atom stereocenters. The van der Waals surface area contributed by atoms with E-state index in [9.17, 15) is 4.79 Å². The number of amides is 1. The number of thiophene rings is 1. The number of carbonyl (C=O) groups is 1. The van der Waals surface area contributed by atoms with Gasteiger partial charge in [0.15, 0.2) is 5.96 Å². The van der Waals surface area contributed by atoms with Gasteiger partial charge >= 0.3 is 0 Å². The van der Waals surface area contributed by atoms with Crippen molar-refractivity contribution < 1.29 is 4.79 Å². The normalized spacial score (nSPS) is 18.0. The molecule has 136 valence electrons. The summed E-state index contributed by atoms with van der Waals surface area (Å²) in [6.07, 6.45) is 3.45. The molecule has 2 rings (SSSR count). The first kappa shape index (κ1) is 21.2. The minimum atomic E-state index is 0. The molecular weight excluding hydrogens is 435 g/mol. The van der Waals surface area contributed by atoms with E-state index in [0.29, 0.717) is 5.92 Å². The van der Waals surface area contributed by atoms with Crippen LogP contribution in [0.2, 0.25) is 0 Å². The molecular formula is C17H29IN4OS. The second-order valence-electron chi connectivity index (χ2n) is 6.38. The number of guanidine groups is 1. The lowest BCUT2D eigenvalue weighted by Crippen LogP contribution is -2.47. The van der Waals surface area contributed by atoms with E-state index in [1.165, 1.54) is 17.7 Å². The van der Waals surface area contributed by atoms with Gasteiger partial charge in [-0.2, -0.15) is 0 Å². The van der Waals surface area contributed by atoms with Crippen LogP contribution >= 0.6 is 35.3 Å². The molecule has 1 amide bonds. The van der Waals surface area contributed by atoms with E-state index in [1.54, 1.807) is 30.3 Å². The van der Waals surface area contributed by atoms with Gasteiger partial charge in [0.05, 0.1) is 0 Å². The zero-order valence-electron chi connectivity index (χ0n) is 14.8. The third-order valence-electron chi connectivity index (χ3n) is 4.05. The highest BCUT2D eigenvalue weighted by atomic mass is 127. The number of likely N-dealkylation sites (tertiary alicyclic amines) is 1. The van der Waals surface area contributed by atoms with Crippen LogP contribution in [0.25, 0.3) is 0 Å². The molecule has 1 fully saturated rings. The molecule has 1 aromatic rings. The average molecular weight is 464 g/mol. The number of nitrogens with one attached hydrogen (secondary N) is 1. The van der Waals surface area contributed by atoms with Gasteiger partial charge in [0.25, 0.3) is 0 Å². The maximum atomic E-state index is 11.8. The van der Waals surface area contributed by atoms with Crippen molar-refractivity contribution in [1.82, 2.24) is 15.1 Å². The van der Waals surface area contributed by atoms with Crippen LogP contribution in [0.15, 0.2) is 22.5 Å². The molecule has 0 spiro atoms. The monoisotopic (exact) mass is 464 g/mol. The third kappa shape index (κ3) is 6.96. The molecule has 5 nitrogen and oxygen atoms in total. The van der Waals surface area contributed by atoms with Gasteiger partial charge in [0, 0.05) is 38.6 Å². The minimum absolute atomic E-state index is 0. The van der Waals surface area contributed by atoms with E-state index < -0.39 is 0 Å². The third-order valence-corrected chi connectivity index (χ3v) is 4.99. The fourth-order valence-electron chi connectivity index (χ4n) is 2.69. The molecule has 1 N–H and O–H groups in total. The van der Waals surface area contributed by atoms with Crippen molar-refractivity contribution in [2.45, 2.75) is 26.2 Å². The number of carbonyl (C=O) groups excluding carboxylic acids is 1. The van der Waals surface area contributed by atoms with E-state index in [1.807, 2.05) is 0 Å². The van der Waals surface area contributed by atoms with Crippen molar-refractivity contribution in [1.29, 1.82) is 0 Å². The quantitative estimate of drug-likeness (QED) is 0.414. The first-order valence-electron chi connectivity index (χ1n) is 8.32. The summed E-state index contributed by atoms with van der Waals surface area (Å²) in [6.45, 7) is 5.37. The molecule has 7 heteroatoms. The molecule has 1 unspecified atom stereocenters. The number of aliphatic imine (C=N–C) groups is 1. The predicted molar refractivity (Wildman–Crippen MR) is 112 cm³/mol. The van der Waals surface area contributed by atoms with Crippen molar-refractivity contribution in [2.75, 3.05) is 40.3 Å². The van der Waals surface area contributed by atoms with Crippen LogP contribution in [0.4, 0.5) is 0 Å². The summed E-state index contributed by atoms with van der Waals surface area (Å²) < 4.78 is 0. The number of hydrogen-bond donors (Lipinski definition) is 1. The highest BCUT2D eigenvalue weighted by Gasteiger charge is 2.19. The number of halogens is 1. The summed E-state index contributed by atoms with van der Waals surface area (Å²) in [7, 11) is 3.54. The first-order chi connectivity index (χ1) is 11.1. The average Bonchev–Trinajstić information content (AvgIpc) is 3.03. The van der Waals surface area contributed by atoms with E-state index in [0.717, 1.165) is 32.0 Å². The lowest BCUT2D eigenvalue weighted by molar-refractivity contribution is -0.127. The van der Waals surface area contributed by atoms with E-state index in [2.05, 4.69) is 39.6 Å². The van der Waals surface area contributed by atoms with Crippen molar-refractivity contribution in [3.05, 3.63) is 22.4 Å². The largest absolute Gasteiger partial charge is 0.356 e. The zero-order valence-corrected chi connectivity index (χ0v) is 18.0. The van der Waals surface area contributed by atoms with Crippen molar-refractivity contribution >= 4 is 47.2 Å². The van der Waals surface area contributed by atoms with Crippen LogP contribution in [-0.2, 0) is 11.2 Å². The molecule has 0 saturated carbocycles. The molecule has 1 aromatic heterocycles. The SMILES string of the molecule is CC1CCCN(C(=NCC(=O)N(C)C)NCCc2cccs2)C1.I. The topological polar surface area (TPSA) is 47.9 Å². The summed E-state index contributed by atoms with van der Waals surface area (Å²) in [5.74, 6) is 1.59. The Hall–Kier alpha value is -0.830. The Morgan fingerprint density at radius 3 is 2.92 bits per heavy atom. The molecule has 1 aliphatic rings. The van der Waals surface area contributed by atoms with Gasteiger partial charge in [-0.05, 0) is 36.6 Å².